The number of benzene rings is 1. The summed E-state index contributed by atoms with van der Waals surface area (Å²) < 4.78 is 6.02. The van der Waals surface area contributed by atoms with E-state index in [0.29, 0.717) is 36.0 Å². The number of rotatable bonds is 5. The van der Waals surface area contributed by atoms with E-state index in [1.165, 1.54) is 12.8 Å². The van der Waals surface area contributed by atoms with Crippen molar-refractivity contribution in [2.45, 2.75) is 58.0 Å². The maximum absolute atomic E-state index is 12.6. The predicted molar refractivity (Wildman–Crippen MR) is 106 cm³/mol. The topological polar surface area (TPSA) is 63.2 Å². The van der Waals surface area contributed by atoms with E-state index in [4.69, 9.17) is 4.74 Å². The molecular weight excluding hydrogens is 338 g/mol. The van der Waals surface area contributed by atoms with Gasteiger partial charge in [-0.1, -0.05) is 12.1 Å². The maximum atomic E-state index is 12.6. The van der Waals surface area contributed by atoms with Gasteiger partial charge >= 0.3 is 0 Å². The fraction of sp³-hybridized carbons (Fsp3) is 0.455. The van der Waals surface area contributed by atoms with Crippen LogP contribution in [0.5, 0.6) is 11.6 Å². The molecule has 0 aliphatic carbocycles. The van der Waals surface area contributed by atoms with Crippen LogP contribution in [0.15, 0.2) is 36.5 Å². The Bertz CT molecular complexity index is 824. The van der Waals surface area contributed by atoms with Crippen molar-refractivity contribution >= 4 is 11.6 Å². The molecule has 2 saturated heterocycles. The molecule has 3 heterocycles. The van der Waals surface area contributed by atoms with Gasteiger partial charge in [-0.25, -0.2) is 4.98 Å². The molecule has 2 aliphatic heterocycles. The largest absolute Gasteiger partial charge is 0.437 e. The fourth-order valence-electron chi connectivity index (χ4n) is 4.31. The van der Waals surface area contributed by atoms with Crippen LogP contribution in [-0.4, -0.2) is 23.0 Å². The minimum absolute atomic E-state index is 0.0418. The second kappa shape index (κ2) is 7.69. The van der Waals surface area contributed by atoms with Gasteiger partial charge in [0.15, 0.2) is 0 Å². The zero-order chi connectivity index (χ0) is 18.8. The molecule has 0 spiro atoms. The number of nitrogens with zero attached hydrogens (tertiary/aromatic N) is 1. The Labute approximate surface area is 160 Å². The van der Waals surface area contributed by atoms with E-state index in [9.17, 15) is 4.79 Å². The number of fused-ring (bicyclic) bond motifs is 2. The minimum Gasteiger partial charge on any atom is -0.437 e. The van der Waals surface area contributed by atoms with Gasteiger partial charge in [-0.2, -0.15) is 0 Å². The van der Waals surface area contributed by atoms with Crippen molar-refractivity contribution in [2.75, 3.05) is 5.32 Å². The molecule has 4 rings (SSSR count). The Hall–Kier alpha value is -2.40. The van der Waals surface area contributed by atoms with Crippen molar-refractivity contribution in [1.82, 2.24) is 10.3 Å². The fourth-order valence-corrected chi connectivity index (χ4v) is 4.31. The molecule has 2 fully saturated rings. The van der Waals surface area contributed by atoms with Gasteiger partial charge in [0.25, 0.3) is 0 Å². The Morgan fingerprint density at radius 2 is 1.96 bits per heavy atom. The molecule has 0 radical (unpaired) electrons. The van der Waals surface area contributed by atoms with Crippen LogP contribution >= 0.6 is 0 Å². The Kier molecular flexibility index (Phi) is 5.12. The standard InChI is InChI=1S/C22H27N3O2/c1-14-5-3-7-20(15(14)2)27-22-19(6-4-10-23-22)25-21(26)13-16-11-17-8-9-18(12-16)24-17/h3-7,10,16-18,24H,8-9,11-13H2,1-2H3,(H,25,26). The van der Waals surface area contributed by atoms with Crippen molar-refractivity contribution in [2.24, 2.45) is 5.92 Å². The normalized spacial score (nSPS) is 23.9. The third kappa shape index (κ3) is 4.14. The number of anilines is 1. The van der Waals surface area contributed by atoms with Gasteiger partial charge in [0.05, 0.1) is 0 Å². The van der Waals surface area contributed by atoms with E-state index in [2.05, 4.69) is 28.6 Å². The SMILES string of the molecule is Cc1cccc(Oc2ncccc2NC(=O)CC2CC3CCC(C2)N3)c1C. The molecule has 2 aliphatic rings. The zero-order valence-electron chi connectivity index (χ0n) is 16.0. The van der Waals surface area contributed by atoms with Gasteiger partial charge in [0.1, 0.15) is 11.4 Å². The molecule has 142 valence electrons. The lowest BCUT2D eigenvalue weighted by Crippen LogP contribution is -2.39. The first-order chi connectivity index (χ1) is 13.1. The number of carbonyl (C=O) groups excluding carboxylic acids is 1. The quantitative estimate of drug-likeness (QED) is 0.827. The van der Waals surface area contributed by atoms with Crippen LogP contribution in [0.2, 0.25) is 0 Å². The average Bonchev–Trinajstić information content (AvgIpc) is 2.99. The molecule has 2 aromatic rings. The zero-order valence-corrected chi connectivity index (χ0v) is 16.0. The summed E-state index contributed by atoms with van der Waals surface area (Å²) in [5.41, 5.74) is 2.86. The number of ether oxygens (including phenoxy) is 1. The van der Waals surface area contributed by atoms with Crippen molar-refractivity contribution in [3.63, 3.8) is 0 Å². The highest BCUT2D eigenvalue weighted by Crippen LogP contribution is 2.34. The first kappa shape index (κ1) is 18.0. The van der Waals surface area contributed by atoms with Crippen molar-refractivity contribution in [3.8, 4) is 11.6 Å². The summed E-state index contributed by atoms with van der Waals surface area (Å²) >= 11 is 0. The number of carbonyl (C=O) groups is 1. The second-order valence-electron chi connectivity index (χ2n) is 7.88. The Morgan fingerprint density at radius 3 is 2.74 bits per heavy atom. The number of piperidine rings is 1. The highest BCUT2D eigenvalue weighted by Gasteiger charge is 2.34. The van der Waals surface area contributed by atoms with Crippen LogP contribution in [0, 0.1) is 19.8 Å². The lowest BCUT2D eigenvalue weighted by Gasteiger charge is -2.28. The lowest BCUT2D eigenvalue weighted by atomic mass is 9.89. The number of aryl methyl sites for hydroxylation is 1. The molecule has 2 unspecified atom stereocenters. The van der Waals surface area contributed by atoms with E-state index in [0.717, 1.165) is 29.7 Å². The van der Waals surface area contributed by atoms with Gasteiger partial charge in [-0.15, -0.1) is 0 Å². The van der Waals surface area contributed by atoms with E-state index < -0.39 is 0 Å². The van der Waals surface area contributed by atoms with Crippen LogP contribution in [0.3, 0.4) is 0 Å². The summed E-state index contributed by atoms with van der Waals surface area (Å²) in [6, 6.07) is 10.8. The molecular formula is C22H27N3O2. The lowest BCUT2D eigenvalue weighted by molar-refractivity contribution is -0.117. The van der Waals surface area contributed by atoms with Gasteiger partial charge < -0.3 is 15.4 Å². The predicted octanol–water partition coefficient (Wildman–Crippen LogP) is 4.35. The van der Waals surface area contributed by atoms with Crippen LogP contribution in [-0.2, 0) is 4.79 Å². The number of aromatic nitrogens is 1. The van der Waals surface area contributed by atoms with Crippen LogP contribution in [0.4, 0.5) is 5.69 Å². The molecule has 2 atom stereocenters. The highest BCUT2D eigenvalue weighted by atomic mass is 16.5. The maximum Gasteiger partial charge on any atom is 0.243 e. The number of hydrogen-bond acceptors (Lipinski definition) is 4. The third-order valence-corrected chi connectivity index (χ3v) is 5.85. The Morgan fingerprint density at radius 1 is 1.19 bits per heavy atom. The molecule has 1 aromatic carbocycles. The van der Waals surface area contributed by atoms with Crippen LogP contribution in [0.1, 0.15) is 43.2 Å². The Balaban J connectivity index is 1.43. The second-order valence-corrected chi connectivity index (χ2v) is 7.88. The highest BCUT2D eigenvalue weighted by molar-refractivity contribution is 5.92. The number of nitrogens with one attached hydrogen (secondary N) is 2. The van der Waals surface area contributed by atoms with Crippen molar-refractivity contribution < 1.29 is 9.53 Å². The monoisotopic (exact) mass is 365 g/mol. The summed E-state index contributed by atoms with van der Waals surface area (Å²) in [7, 11) is 0. The molecule has 1 aromatic heterocycles. The van der Waals surface area contributed by atoms with Crippen molar-refractivity contribution in [3.05, 3.63) is 47.7 Å². The molecule has 0 saturated carbocycles. The first-order valence-electron chi connectivity index (χ1n) is 9.83. The third-order valence-electron chi connectivity index (χ3n) is 5.85. The molecule has 5 heteroatoms. The van der Waals surface area contributed by atoms with E-state index in [1.54, 1.807) is 6.20 Å². The van der Waals surface area contributed by atoms with Gasteiger partial charge in [-0.05, 0) is 74.8 Å². The van der Waals surface area contributed by atoms with E-state index in [1.807, 2.05) is 31.2 Å². The molecule has 27 heavy (non-hydrogen) atoms. The molecule has 2 bridgehead atoms. The molecule has 2 N–H and O–H groups in total. The smallest absolute Gasteiger partial charge is 0.243 e. The average molecular weight is 365 g/mol. The summed E-state index contributed by atoms with van der Waals surface area (Å²) in [4.78, 5) is 17.0. The summed E-state index contributed by atoms with van der Waals surface area (Å²) in [5.74, 6) is 1.70. The summed E-state index contributed by atoms with van der Waals surface area (Å²) in [5, 5.41) is 6.64. The number of amides is 1. The summed E-state index contributed by atoms with van der Waals surface area (Å²) in [6.45, 7) is 4.08. The van der Waals surface area contributed by atoms with Gasteiger partial charge in [0.2, 0.25) is 11.8 Å². The number of pyridine rings is 1. The molecule has 5 nitrogen and oxygen atoms in total. The van der Waals surface area contributed by atoms with E-state index >= 15 is 0 Å². The van der Waals surface area contributed by atoms with E-state index in [-0.39, 0.29) is 5.91 Å². The van der Waals surface area contributed by atoms with Crippen LogP contribution < -0.4 is 15.4 Å². The van der Waals surface area contributed by atoms with Crippen molar-refractivity contribution in [1.29, 1.82) is 0 Å². The van der Waals surface area contributed by atoms with Gasteiger partial charge in [-0.3, -0.25) is 4.79 Å². The molecule has 1 amide bonds. The number of hydrogen-bond donors (Lipinski definition) is 2. The summed E-state index contributed by atoms with van der Waals surface area (Å²) in [6.07, 6.45) is 6.94. The first-order valence-corrected chi connectivity index (χ1v) is 9.83. The van der Waals surface area contributed by atoms with Crippen LogP contribution in [0.25, 0.3) is 0 Å². The van der Waals surface area contributed by atoms with Gasteiger partial charge in [0, 0.05) is 24.7 Å². The minimum atomic E-state index is 0.0418.